The van der Waals surface area contributed by atoms with E-state index in [-0.39, 0.29) is 29.5 Å². The van der Waals surface area contributed by atoms with Gasteiger partial charge in [-0.15, -0.1) is 0 Å². The van der Waals surface area contributed by atoms with Gasteiger partial charge in [-0.2, -0.15) is 10.1 Å². The van der Waals surface area contributed by atoms with Crippen LogP contribution >= 0.6 is 0 Å². The second-order valence-electron chi connectivity index (χ2n) is 7.30. The van der Waals surface area contributed by atoms with E-state index in [4.69, 9.17) is 10.2 Å². The van der Waals surface area contributed by atoms with Crippen molar-refractivity contribution in [1.29, 1.82) is 0 Å². The number of anilines is 2. The van der Waals surface area contributed by atoms with E-state index < -0.39 is 5.91 Å². The first kappa shape index (κ1) is 18.7. The zero-order valence-corrected chi connectivity index (χ0v) is 16.6. The van der Waals surface area contributed by atoms with Gasteiger partial charge in [0.1, 0.15) is 17.7 Å². The van der Waals surface area contributed by atoms with Crippen molar-refractivity contribution >= 4 is 45.8 Å². The molecule has 0 aliphatic carbocycles. The fourth-order valence-corrected chi connectivity index (χ4v) is 3.58. The number of carbonyl (C=O) groups is 2. The molecule has 4 heterocycles. The molecule has 4 aromatic rings. The highest BCUT2D eigenvalue weighted by molar-refractivity contribution is 6.12. The van der Waals surface area contributed by atoms with Crippen molar-refractivity contribution in [1.82, 2.24) is 29.6 Å². The number of oxazole rings is 1. The summed E-state index contributed by atoms with van der Waals surface area (Å²) in [7, 11) is 0. The number of hydrogen-bond acceptors (Lipinski definition) is 8. The summed E-state index contributed by atoms with van der Waals surface area (Å²) in [5, 5.41) is 7.41. The number of hydrogen-bond donors (Lipinski definition) is 2. The monoisotopic (exact) mass is 418 g/mol. The summed E-state index contributed by atoms with van der Waals surface area (Å²) in [6.45, 7) is 6.29. The van der Waals surface area contributed by atoms with Gasteiger partial charge in [0.2, 0.25) is 5.91 Å². The summed E-state index contributed by atoms with van der Waals surface area (Å²) < 4.78 is 7.20. The maximum Gasteiger partial charge on any atom is 0.302 e. The molecule has 1 aromatic carbocycles. The molecular formula is C20H18N8O3. The summed E-state index contributed by atoms with van der Waals surface area (Å²) in [5.74, 6) is -0.578. The molecule has 0 bridgehead atoms. The summed E-state index contributed by atoms with van der Waals surface area (Å²) in [5.41, 5.74) is 8.72. The van der Waals surface area contributed by atoms with Crippen molar-refractivity contribution in [3.05, 3.63) is 48.4 Å². The van der Waals surface area contributed by atoms with Gasteiger partial charge in [-0.1, -0.05) is 12.6 Å². The molecule has 3 N–H and O–H groups in total. The second kappa shape index (κ2) is 6.90. The van der Waals surface area contributed by atoms with E-state index in [1.807, 2.05) is 19.1 Å². The zero-order valence-electron chi connectivity index (χ0n) is 16.6. The third-order valence-electron chi connectivity index (χ3n) is 5.19. The van der Waals surface area contributed by atoms with Crippen LogP contribution in [0.15, 0.2) is 41.6 Å². The van der Waals surface area contributed by atoms with Gasteiger partial charge in [0.25, 0.3) is 5.91 Å². The molecule has 1 aliphatic rings. The topological polar surface area (TPSA) is 145 Å². The van der Waals surface area contributed by atoms with E-state index in [0.717, 1.165) is 5.56 Å². The maximum absolute atomic E-state index is 13.0. The number of likely N-dealkylation sites (tertiary alicyclic amines) is 1. The van der Waals surface area contributed by atoms with E-state index in [1.54, 1.807) is 15.6 Å². The molecule has 0 atom stereocenters. The Bertz CT molecular complexity index is 1370. The van der Waals surface area contributed by atoms with Crippen molar-refractivity contribution in [3.63, 3.8) is 0 Å². The molecule has 0 saturated carbocycles. The zero-order chi connectivity index (χ0) is 21.7. The number of carbonyl (C=O) groups excluding carboxylic acids is 2. The highest BCUT2D eigenvalue weighted by Gasteiger charge is 2.34. The summed E-state index contributed by atoms with van der Waals surface area (Å²) in [6, 6.07) is 5.45. The van der Waals surface area contributed by atoms with Gasteiger partial charge in [0, 0.05) is 13.1 Å². The van der Waals surface area contributed by atoms with E-state index in [9.17, 15) is 9.59 Å². The van der Waals surface area contributed by atoms with Gasteiger partial charge in [0.15, 0.2) is 16.9 Å². The number of aromatic nitrogens is 5. The Morgan fingerprint density at radius 2 is 2.13 bits per heavy atom. The first-order chi connectivity index (χ1) is 14.9. The molecule has 1 aliphatic heterocycles. The summed E-state index contributed by atoms with van der Waals surface area (Å²) in [6.07, 6.45) is 2.57. The smallest absolute Gasteiger partial charge is 0.302 e. The minimum atomic E-state index is -0.549. The van der Waals surface area contributed by atoms with Crippen LogP contribution in [-0.4, -0.2) is 54.5 Å². The third kappa shape index (κ3) is 3.06. The van der Waals surface area contributed by atoms with Crippen molar-refractivity contribution in [3.8, 4) is 0 Å². The molecule has 0 radical (unpaired) electrons. The fourth-order valence-electron chi connectivity index (χ4n) is 3.58. The van der Waals surface area contributed by atoms with Crippen LogP contribution in [0.3, 0.4) is 0 Å². The Morgan fingerprint density at radius 3 is 2.90 bits per heavy atom. The number of amides is 2. The van der Waals surface area contributed by atoms with Crippen molar-refractivity contribution in [2.75, 3.05) is 24.1 Å². The minimum absolute atomic E-state index is 0.0510. The quantitative estimate of drug-likeness (QED) is 0.476. The molecule has 31 heavy (non-hydrogen) atoms. The molecule has 0 spiro atoms. The van der Waals surface area contributed by atoms with Crippen LogP contribution in [0.1, 0.15) is 22.1 Å². The van der Waals surface area contributed by atoms with Crippen LogP contribution in [-0.2, 0) is 4.79 Å². The largest absolute Gasteiger partial charge is 0.423 e. The summed E-state index contributed by atoms with van der Waals surface area (Å²) in [4.78, 5) is 38.9. The maximum atomic E-state index is 13.0. The van der Waals surface area contributed by atoms with E-state index in [2.05, 4.69) is 31.9 Å². The lowest BCUT2D eigenvalue weighted by atomic mass is 10.1. The van der Waals surface area contributed by atoms with Gasteiger partial charge < -0.3 is 15.1 Å². The number of fused-ring (bicyclic) bond motifs is 2. The summed E-state index contributed by atoms with van der Waals surface area (Å²) >= 11 is 0. The molecule has 3 aromatic heterocycles. The fraction of sp³-hybridized carbons (Fsp3) is 0.200. The van der Waals surface area contributed by atoms with Gasteiger partial charge in [-0.05, 0) is 30.7 Å². The Balaban J connectivity index is 1.48. The highest BCUT2D eigenvalue weighted by Crippen LogP contribution is 2.29. The van der Waals surface area contributed by atoms with Gasteiger partial charge in [-0.25, -0.2) is 14.6 Å². The van der Waals surface area contributed by atoms with Crippen LogP contribution < -0.4 is 11.1 Å². The van der Waals surface area contributed by atoms with E-state index in [1.165, 1.54) is 12.4 Å². The first-order valence-corrected chi connectivity index (χ1v) is 9.53. The molecule has 1 fully saturated rings. The Labute approximate surface area is 175 Å². The van der Waals surface area contributed by atoms with Crippen LogP contribution in [0.25, 0.3) is 22.1 Å². The standard InChI is InChI=1S/C20H18N8O3/c1-3-14(29)27-7-11(8-27)28-18-15(17(21)22-9-23-18)16(26-28)19(30)25-20-24-12-6-10(2)4-5-13(12)31-20/h3-6,9,11H,1,7-8H2,2H3,(H2,21,22,23)(H,24,25,30). The van der Waals surface area contributed by atoms with Crippen molar-refractivity contribution in [2.45, 2.75) is 13.0 Å². The number of benzene rings is 1. The molecule has 0 unspecified atom stereocenters. The van der Waals surface area contributed by atoms with E-state index >= 15 is 0 Å². The molecule has 156 valence electrons. The van der Waals surface area contributed by atoms with Crippen LogP contribution in [0.2, 0.25) is 0 Å². The SMILES string of the molecule is C=CC(=O)N1CC(n2nc(C(=O)Nc3nc4cc(C)ccc4o3)c3c(N)ncnc32)C1. The van der Waals surface area contributed by atoms with Crippen molar-refractivity contribution in [2.24, 2.45) is 0 Å². The predicted octanol–water partition coefficient (Wildman–Crippen LogP) is 1.68. The number of nitrogens with zero attached hydrogens (tertiary/aromatic N) is 6. The van der Waals surface area contributed by atoms with Crippen LogP contribution in [0.4, 0.5) is 11.8 Å². The Kier molecular flexibility index (Phi) is 4.17. The Hall–Kier alpha value is -4.28. The van der Waals surface area contributed by atoms with Crippen LogP contribution in [0, 0.1) is 6.92 Å². The number of aryl methyl sites for hydroxylation is 1. The molecular weight excluding hydrogens is 400 g/mol. The minimum Gasteiger partial charge on any atom is -0.423 e. The normalized spacial score (nSPS) is 14.0. The number of nitrogens with one attached hydrogen (secondary N) is 1. The third-order valence-corrected chi connectivity index (χ3v) is 5.19. The second-order valence-corrected chi connectivity index (χ2v) is 7.30. The van der Waals surface area contributed by atoms with Crippen LogP contribution in [0.5, 0.6) is 0 Å². The molecule has 11 heteroatoms. The number of rotatable bonds is 4. The average Bonchev–Trinajstić information content (AvgIpc) is 3.28. The molecule has 5 rings (SSSR count). The Morgan fingerprint density at radius 1 is 1.32 bits per heavy atom. The lowest BCUT2D eigenvalue weighted by molar-refractivity contribution is -0.131. The van der Waals surface area contributed by atoms with Gasteiger partial charge >= 0.3 is 6.01 Å². The highest BCUT2D eigenvalue weighted by atomic mass is 16.4. The number of nitrogen functional groups attached to an aromatic ring is 1. The number of nitrogens with two attached hydrogens (primary N) is 1. The van der Waals surface area contributed by atoms with Gasteiger partial charge in [-0.3, -0.25) is 14.9 Å². The van der Waals surface area contributed by atoms with E-state index in [0.29, 0.717) is 35.2 Å². The first-order valence-electron chi connectivity index (χ1n) is 9.53. The molecule has 1 saturated heterocycles. The molecule has 2 amide bonds. The van der Waals surface area contributed by atoms with Crippen molar-refractivity contribution < 1.29 is 14.0 Å². The molecule has 11 nitrogen and oxygen atoms in total. The predicted molar refractivity (Wildman–Crippen MR) is 112 cm³/mol. The van der Waals surface area contributed by atoms with Gasteiger partial charge in [0.05, 0.1) is 11.4 Å². The lowest BCUT2D eigenvalue weighted by Crippen LogP contribution is -2.50. The average molecular weight is 418 g/mol. The lowest BCUT2D eigenvalue weighted by Gasteiger charge is -2.38.